The van der Waals surface area contributed by atoms with Crippen molar-refractivity contribution in [1.82, 2.24) is 25.0 Å². The zero-order valence-electron chi connectivity index (χ0n) is 29.4. The maximum Gasteiger partial charge on any atom is 0.272 e. The summed E-state index contributed by atoms with van der Waals surface area (Å²) in [4.78, 5) is 62.1. The van der Waals surface area contributed by atoms with Gasteiger partial charge in [-0.1, -0.05) is 20.3 Å². The highest BCUT2D eigenvalue weighted by Crippen LogP contribution is 2.24. The molecule has 13 heteroatoms. The van der Waals surface area contributed by atoms with Gasteiger partial charge in [0.05, 0.1) is 31.0 Å². The number of aromatic nitrogens is 1. The highest BCUT2D eigenvalue weighted by atomic mass is 16.5. The van der Waals surface area contributed by atoms with Crippen LogP contribution in [0.2, 0.25) is 0 Å². The molecule has 0 spiro atoms. The van der Waals surface area contributed by atoms with Crippen molar-refractivity contribution in [3.8, 4) is 12.8 Å². The Balaban J connectivity index is 0.000000285. The molecule has 3 aliphatic heterocycles. The molecular weight excluding hydrogens is 638 g/mol. The second kappa shape index (κ2) is 20.3. The largest absolute Gasteiger partial charge is 0.461 e. The summed E-state index contributed by atoms with van der Waals surface area (Å²) >= 11 is 0. The lowest BCUT2D eigenvalue weighted by molar-refractivity contribution is -0.139. The number of furan rings is 1. The third kappa shape index (κ3) is 11.4. The molecule has 0 bridgehead atoms. The molecule has 0 radical (unpaired) electrons. The summed E-state index contributed by atoms with van der Waals surface area (Å²) in [6.45, 7) is 10.8. The highest BCUT2D eigenvalue weighted by molar-refractivity contribution is 6.06. The van der Waals surface area contributed by atoms with E-state index in [1.54, 1.807) is 21.9 Å². The van der Waals surface area contributed by atoms with E-state index in [0.29, 0.717) is 45.0 Å². The van der Waals surface area contributed by atoms with Gasteiger partial charge in [-0.25, -0.2) is 4.99 Å². The maximum atomic E-state index is 12.4. The smallest absolute Gasteiger partial charge is 0.272 e. The number of rotatable bonds is 5. The first kappa shape index (κ1) is 39.2. The molecule has 5 heterocycles. The number of nitrogens with two attached hydrogens (primary N) is 1. The van der Waals surface area contributed by atoms with Crippen LogP contribution in [0.5, 0.6) is 0 Å². The number of terminal acetylenes is 1. The van der Waals surface area contributed by atoms with Crippen LogP contribution in [0.15, 0.2) is 52.0 Å². The van der Waals surface area contributed by atoms with Gasteiger partial charge in [0.2, 0.25) is 17.8 Å². The Morgan fingerprint density at radius 1 is 0.920 bits per heavy atom. The van der Waals surface area contributed by atoms with Crippen molar-refractivity contribution >= 4 is 46.2 Å². The lowest BCUT2D eigenvalue weighted by atomic mass is 10.2. The fourth-order valence-electron chi connectivity index (χ4n) is 5.61. The van der Waals surface area contributed by atoms with Crippen LogP contribution in [0.25, 0.3) is 11.0 Å². The number of pyridine rings is 1. The Morgan fingerprint density at radius 3 is 2.30 bits per heavy atom. The van der Waals surface area contributed by atoms with Crippen LogP contribution in [0, 0.1) is 19.8 Å². The number of likely N-dealkylation sites (tertiary alicyclic amines) is 2. The van der Waals surface area contributed by atoms with Gasteiger partial charge in [0.1, 0.15) is 17.0 Å². The van der Waals surface area contributed by atoms with E-state index < -0.39 is 5.91 Å². The van der Waals surface area contributed by atoms with Crippen LogP contribution < -0.4 is 11.1 Å². The Bertz CT molecular complexity index is 1620. The minimum atomic E-state index is -0.464. The third-order valence-electron chi connectivity index (χ3n) is 8.11. The number of morpholine rings is 1. The number of guanidine groups is 1. The summed E-state index contributed by atoms with van der Waals surface area (Å²) in [6.07, 6.45) is 15.3. The molecule has 268 valence electrons. The van der Waals surface area contributed by atoms with Crippen LogP contribution in [0.4, 0.5) is 5.69 Å². The van der Waals surface area contributed by atoms with E-state index in [-0.39, 0.29) is 34.9 Å². The number of benzene rings is 1. The maximum absolute atomic E-state index is 12.4. The zero-order chi connectivity index (χ0) is 36.5. The Labute approximate surface area is 294 Å². The van der Waals surface area contributed by atoms with Crippen LogP contribution in [0.3, 0.4) is 0 Å². The number of carbonyl (C=O) groups excluding carboxylic acids is 4. The number of amides is 4. The number of nitrogens with one attached hydrogen (secondary N) is 1. The first-order valence-corrected chi connectivity index (χ1v) is 17.1. The Kier molecular flexibility index (Phi) is 15.9. The third-order valence-corrected chi connectivity index (χ3v) is 8.11. The summed E-state index contributed by atoms with van der Waals surface area (Å²) in [5, 5.41) is 3.42. The zero-order valence-corrected chi connectivity index (χ0v) is 29.4. The van der Waals surface area contributed by atoms with Crippen molar-refractivity contribution in [2.75, 3.05) is 52.5 Å². The predicted octanol–water partition coefficient (Wildman–Crippen LogP) is 4.27. The van der Waals surface area contributed by atoms with Crippen molar-refractivity contribution in [2.24, 2.45) is 10.7 Å². The molecule has 0 atom stereocenters. The van der Waals surface area contributed by atoms with Crippen LogP contribution >= 0.6 is 0 Å². The summed E-state index contributed by atoms with van der Waals surface area (Å²) in [7, 11) is 0. The molecule has 0 saturated carbocycles. The van der Waals surface area contributed by atoms with Crippen LogP contribution in [-0.2, 0) is 14.3 Å². The Hall–Kier alpha value is -5.22. The number of aliphatic imine (C=N–C) groups is 1. The molecule has 1 aromatic carbocycles. The van der Waals surface area contributed by atoms with Crippen LogP contribution in [-0.4, -0.2) is 102 Å². The molecule has 0 unspecified atom stereocenters. The van der Waals surface area contributed by atoms with Gasteiger partial charge in [0.15, 0.2) is 0 Å². The van der Waals surface area contributed by atoms with Gasteiger partial charge in [-0.05, 0) is 69.0 Å². The molecule has 3 N–H and O–H groups in total. The number of aryl methyl sites for hydroxylation is 1. The van der Waals surface area contributed by atoms with E-state index >= 15 is 0 Å². The second-order valence-electron chi connectivity index (χ2n) is 11.6. The number of carbonyl (C=O) groups is 4. The first-order valence-electron chi connectivity index (χ1n) is 17.1. The summed E-state index contributed by atoms with van der Waals surface area (Å²) < 4.78 is 10.8. The van der Waals surface area contributed by atoms with E-state index in [2.05, 4.69) is 28.1 Å². The summed E-state index contributed by atoms with van der Waals surface area (Å²) in [5.74, 6) is 0.395. The molecule has 50 heavy (non-hydrogen) atoms. The lowest BCUT2D eigenvalue weighted by Crippen LogP contribution is -2.41. The normalized spacial score (nSPS) is 16.1. The summed E-state index contributed by atoms with van der Waals surface area (Å²) in [5.41, 5.74) is 7.76. The minimum absolute atomic E-state index is 0.0481. The monoisotopic (exact) mass is 687 g/mol. The van der Waals surface area contributed by atoms with Gasteiger partial charge < -0.3 is 29.6 Å². The minimum Gasteiger partial charge on any atom is -0.461 e. The topological polar surface area (TPSA) is 164 Å². The SMILES string of the molecule is C#C.CC.Cc1cc2cc(N=C(N)NC(=O)c3ccc(C(=O)N4CCOCC4)nc3)ccc2o1.O=C(CN1CCCCCC1=O)N1CCCC1. The number of hydrogen-bond acceptors (Lipinski definition) is 8. The molecule has 3 saturated heterocycles. The second-order valence-corrected chi connectivity index (χ2v) is 11.6. The standard InChI is InChI=1S/C21H21N5O4.C12H20N2O2.C2H6.C2H2/c1-13-10-15-11-16(3-5-18(15)30-13)24-21(22)25-19(27)14-2-4-17(23-12-14)20(28)26-6-8-29-9-7-26;15-11-6-2-1-3-9-14(11)10-12(16)13-7-4-5-8-13;2*1-2/h2-5,10-12H,6-9H2,1H3,(H3,22,24,25,27);1-10H2;1-2H3;1-2H. The average Bonchev–Trinajstić information content (AvgIpc) is 3.77. The highest BCUT2D eigenvalue weighted by Gasteiger charge is 2.24. The van der Waals surface area contributed by atoms with Crippen LogP contribution in [0.1, 0.15) is 79.0 Å². The number of fused-ring (bicyclic) bond motifs is 1. The van der Waals surface area contributed by atoms with Gasteiger partial charge in [0, 0.05) is 50.7 Å². The van der Waals surface area contributed by atoms with E-state index in [1.807, 2.05) is 37.8 Å². The van der Waals surface area contributed by atoms with Gasteiger partial charge in [-0.2, -0.15) is 0 Å². The van der Waals surface area contributed by atoms with Gasteiger partial charge in [-0.15, -0.1) is 12.8 Å². The number of ether oxygens (including phenoxy) is 1. The lowest BCUT2D eigenvalue weighted by Gasteiger charge is -2.26. The predicted molar refractivity (Wildman–Crippen MR) is 193 cm³/mol. The molecule has 3 aliphatic rings. The molecular formula is C37H49N7O6. The average molecular weight is 688 g/mol. The fraction of sp³-hybridized carbons (Fsp3) is 0.459. The van der Waals surface area contributed by atoms with Crippen molar-refractivity contribution < 1.29 is 28.3 Å². The van der Waals surface area contributed by atoms with E-state index in [0.717, 1.165) is 68.5 Å². The molecule has 6 rings (SSSR count). The van der Waals surface area contributed by atoms with Gasteiger partial charge >= 0.3 is 0 Å². The first-order chi connectivity index (χ1) is 24.3. The fourth-order valence-corrected chi connectivity index (χ4v) is 5.61. The van der Waals surface area contributed by atoms with Gasteiger partial charge in [0.25, 0.3) is 11.8 Å². The van der Waals surface area contributed by atoms with Crippen molar-refractivity contribution in [3.05, 3.63) is 59.6 Å². The molecule has 4 amide bonds. The number of hydrogen-bond donors (Lipinski definition) is 2. The quantitative estimate of drug-likeness (QED) is 0.228. The summed E-state index contributed by atoms with van der Waals surface area (Å²) in [6, 6.07) is 10.3. The van der Waals surface area contributed by atoms with Crippen molar-refractivity contribution in [2.45, 2.75) is 59.3 Å². The molecule has 3 aromatic rings. The molecule has 3 fully saturated rings. The molecule has 2 aromatic heterocycles. The van der Waals surface area contributed by atoms with Crippen molar-refractivity contribution in [1.29, 1.82) is 0 Å². The molecule has 13 nitrogen and oxygen atoms in total. The van der Waals surface area contributed by atoms with E-state index in [4.69, 9.17) is 14.9 Å². The van der Waals surface area contributed by atoms with E-state index in [1.165, 1.54) is 18.3 Å². The Morgan fingerprint density at radius 2 is 1.62 bits per heavy atom. The van der Waals surface area contributed by atoms with Crippen molar-refractivity contribution in [3.63, 3.8) is 0 Å². The number of nitrogens with zero attached hydrogens (tertiary/aromatic N) is 5. The van der Waals surface area contributed by atoms with Gasteiger partial charge in [-0.3, -0.25) is 29.5 Å². The van der Waals surface area contributed by atoms with E-state index in [9.17, 15) is 19.2 Å². The molecule has 0 aliphatic carbocycles.